The van der Waals surface area contributed by atoms with Crippen LogP contribution in [-0.4, -0.2) is 8.42 Å². The molecule has 1 rings (SSSR count). The number of alkyl halides is 3. The monoisotopic (exact) mass is 258 g/mol. The zero-order valence-corrected chi connectivity index (χ0v) is 8.73. The molecule has 0 aliphatic heterocycles. The predicted octanol–water partition coefficient (Wildman–Crippen LogP) is 2.26. The van der Waals surface area contributed by atoms with Crippen molar-refractivity contribution in [2.24, 2.45) is 0 Å². The highest BCUT2D eigenvalue weighted by Crippen LogP contribution is 2.29. The highest BCUT2D eigenvalue weighted by molar-refractivity contribution is 7.95. The Morgan fingerprint density at radius 2 is 1.60 bits per heavy atom. The van der Waals surface area contributed by atoms with Gasteiger partial charge in [0.15, 0.2) is 0 Å². The fraction of sp³-hybridized carbons (Fsp3) is 0.143. The Morgan fingerprint density at radius 3 is 1.93 bits per heavy atom. The van der Waals surface area contributed by atoms with Crippen molar-refractivity contribution in [1.82, 2.24) is 0 Å². The van der Waals surface area contributed by atoms with Crippen molar-refractivity contribution in [1.29, 1.82) is 0 Å². The molecule has 0 bridgehead atoms. The first-order valence-corrected chi connectivity index (χ1v) is 5.30. The number of halogens is 3. The number of hydrogen-bond acceptors (Lipinski definition) is 4. The number of benzene rings is 1. The van der Waals surface area contributed by atoms with E-state index >= 15 is 0 Å². The maximum atomic E-state index is 12.1. The summed E-state index contributed by atoms with van der Waals surface area (Å²) in [7, 11) is -4.06. The molecule has 0 radical (unpaired) electrons. The minimum Gasteiger partial charge on any atom is -0.197 e. The van der Waals surface area contributed by atoms with Gasteiger partial charge in [-0.2, -0.15) is 25.2 Å². The maximum absolute atomic E-state index is 12.1. The second kappa shape index (κ2) is 4.03. The summed E-state index contributed by atoms with van der Waals surface area (Å²) in [6.45, 7) is 0. The van der Waals surface area contributed by atoms with Crippen molar-refractivity contribution < 1.29 is 25.2 Å². The molecule has 0 fully saturated rings. The molecule has 0 aliphatic carbocycles. The molecule has 1 aromatic rings. The minimum atomic E-state index is -4.50. The van der Waals surface area contributed by atoms with E-state index in [1.807, 2.05) is 0 Å². The van der Waals surface area contributed by atoms with Gasteiger partial charge < -0.3 is 0 Å². The summed E-state index contributed by atoms with van der Waals surface area (Å²) in [5.41, 5.74) is -0.930. The average Bonchev–Trinajstić information content (AvgIpc) is 2.17. The Bertz CT molecular complexity index is 436. The largest absolute Gasteiger partial charge is 0.416 e. The van der Waals surface area contributed by atoms with Gasteiger partial charge in [0.25, 0.3) is 0 Å². The van der Waals surface area contributed by atoms with Gasteiger partial charge in [-0.05, 0) is 37.2 Å². The van der Waals surface area contributed by atoms with Gasteiger partial charge in [-0.3, -0.25) is 0 Å². The molecule has 1 aromatic carbocycles. The first-order valence-electron chi connectivity index (χ1n) is 3.53. The van der Waals surface area contributed by atoms with Gasteiger partial charge in [-0.1, -0.05) is 0 Å². The van der Waals surface area contributed by atoms with E-state index in [-0.39, 0.29) is 4.90 Å². The van der Waals surface area contributed by atoms with E-state index in [0.717, 1.165) is 12.1 Å². The topological polar surface area (TPSA) is 43.4 Å². The Hall–Kier alpha value is -0.730. The van der Waals surface area contributed by atoms with Crippen LogP contribution in [0.4, 0.5) is 13.2 Å². The lowest BCUT2D eigenvalue weighted by Gasteiger charge is -2.06. The highest BCUT2D eigenvalue weighted by atomic mass is 32.3. The lowest BCUT2D eigenvalue weighted by molar-refractivity contribution is -0.137. The molecule has 0 aliphatic rings. The van der Waals surface area contributed by atoms with Crippen molar-refractivity contribution in [3.63, 3.8) is 0 Å². The summed E-state index contributed by atoms with van der Waals surface area (Å²) in [6.07, 6.45) is -4.50. The van der Waals surface area contributed by atoms with Gasteiger partial charge in [0.1, 0.15) is 0 Å². The van der Waals surface area contributed by atoms with E-state index in [2.05, 4.69) is 16.5 Å². The maximum Gasteiger partial charge on any atom is 0.416 e. The lowest BCUT2D eigenvalue weighted by Crippen LogP contribution is -2.06. The van der Waals surface area contributed by atoms with E-state index in [1.54, 1.807) is 0 Å². The third kappa shape index (κ3) is 2.86. The molecule has 8 heteroatoms. The molecule has 0 unspecified atom stereocenters. The molecular weight excluding hydrogens is 253 g/mol. The predicted molar refractivity (Wildman–Crippen MR) is 48.7 cm³/mol. The van der Waals surface area contributed by atoms with Crippen molar-refractivity contribution in [2.75, 3.05) is 0 Å². The van der Waals surface area contributed by atoms with Crippen LogP contribution in [0.1, 0.15) is 5.56 Å². The van der Waals surface area contributed by atoms with Crippen LogP contribution in [0.15, 0.2) is 29.2 Å². The number of thiol groups is 1. The van der Waals surface area contributed by atoms with Gasteiger partial charge in [-0.15, -0.1) is 0 Å². The first-order chi connectivity index (χ1) is 6.77. The molecule has 0 spiro atoms. The first kappa shape index (κ1) is 12.3. The molecule has 15 heavy (non-hydrogen) atoms. The van der Waals surface area contributed by atoms with E-state index in [1.165, 1.54) is 0 Å². The van der Waals surface area contributed by atoms with Crippen LogP contribution in [-0.2, 0) is 19.9 Å². The van der Waals surface area contributed by atoms with Crippen LogP contribution in [0, 0.1) is 0 Å². The normalized spacial score (nSPS) is 12.8. The second-order valence-electron chi connectivity index (χ2n) is 2.55. The van der Waals surface area contributed by atoms with Crippen LogP contribution >= 0.6 is 12.9 Å². The summed E-state index contributed by atoms with van der Waals surface area (Å²) in [6, 6.07) is 2.90. The highest BCUT2D eigenvalue weighted by Gasteiger charge is 2.30. The molecular formula is C7H5F3O3S2. The van der Waals surface area contributed by atoms with Crippen LogP contribution in [0.5, 0.6) is 0 Å². The average molecular weight is 258 g/mol. The number of hydrogen-bond donors (Lipinski definition) is 1. The van der Waals surface area contributed by atoms with Crippen molar-refractivity contribution in [2.45, 2.75) is 11.1 Å². The second-order valence-corrected chi connectivity index (χ2v) is 4.53. The van der Waals surface area contributed by atoms with Gasteiger partial charge in [0.05, 0.1) is 10.5 Å². The summed E-state index contributed by atoms with van der Waals surface area (Å²) < 4.78 is 62.1. The lowest BCUT2D eigenvalue weighted by atomic mass is 10.2. The number of rotatable bonds is 2. The fourth-order valence-corrected chi connectivity index (χ4v) is 1.67. The molecule has 3 nitrogen and oxygen atoms in total. The third-order valence-corrected chi connectivity index (χ3v) is 3.20. The van der Waals surface area contributed by atoms with Gasteiger partial charge in [0, 0.05) is 0 Å². The van der Waals surface area contributed by atoms with E-state index in [9.17, 15) is 21.6 Å². The van der Waals surface area contributed by atoms with Crippen LogP contribution in [0.3, 0.4) is 0 Å². The summed E-state index contributed by atoms with van der Waals surface area (Å²) in [4.78, 5) is -0.384. The molecule has 0 atom stereocenters. The molecule has 0 aromatic heterocycles. The van der Waals surface area contributed by atoms with E-state index in [0.29, 0.717) is 12.1 Å². The quantitative estimate of drug-likeness (QED) is 0.653. The van der Waals surface area contributed by atoms with Crippen LogP contribution in [0.25, 0.3) is 0 Å². The van der Waals surface area contributed by atoms with Crippen molar-refractivity contribution in [3.8, 4) is 0 Å². The van der Waals surface area contributed by atoms with Crippen LogP contribution < -0.4 is 0 Å². The molecule has 0 saturated carbocycles. The Balaban J connectivity index is 3.12. The fourth-order valence-electron chi connectivity index (χ4n) is 0.854. The standard InChI is InChI=1S/C7H5F3O3S2/c8-7(9,10)5-1-3-6(4-2-5)15(11,12)13-14/h1-4,14H. The third-order valence-electron chi connectivity index (χ3n) is 1.57. The van der Waals surface area contributed by atoms with Gasteiger partial charge in [-0.25, -0.2) is 0 Å². The zero-order chi connectivity index (χ0) is 11.7. The Morgan fingerprint density at radius 1 is 1.13 bits per heavy atom. The molecule has 0 saturated heterocycles. The smallest absolute Gasteiger partial charge is 0.197 e. The summed E-state index contributed by atoms with van der Waals surface area (Å²) in [5.74, 6) is 0. The van der Waals surface area contributed by atoms with Crippen molar-refractivity contribution in [3.05, 3.63) is 29.8 Å². The minimum absolute atomic E-state index is 0.384. The Kier molecular flexibility index (Phi) is 3.31. The summed E-state index contributed by atoms with van der Waals surface area (Å²) in [5, 5.41) is 0. The SMILES string of the molecule is O=S(=O)(OS)c1ccc(C(F)(F)F)cc1. The summed E-state index contributed by atoms with van der Waals surface area (Å²) >= 11 is 3.09. The molecule has 0 amide bonds. The molecule has 0 N–H and O–H groups in total. The Labute approximate surface area is 89.6 Å². The molecule has 0 heterocycles. The van der Waals surface area contributed by atoms with Gasteiger partial charge in [0.2, 0.25) is 0 Å². The van der Waals surface area contributed by atoms with Crippen LogP contribution in [0.2, 0.25) is 0 Å². The van der Waals surface area contributed by atoms with Crippen molar-refractivity contribution >= 4 is 23.0 Å². The zero-order valence-electron chi connectivity index (χ0n) is 7.02. The van der Waals surface area contributed by atoms with Gasteiger partial charge >= 0.3 is 16.3 Å². The molecule has 84 valence electrons. The van der Waals surface area contributed by atoms with E-state index in [4.69, 9.17) is 0 Å². The van der Waals surface area contributed by atoms with E-state index < -0.39 is 21.9 Å².